The maximum absolute atomic E-state index is 7.06. The van der Waals surface area contributed by atoms with Gasteiger partial charge in [0.1, 0.15) is 0 Å². The summed E-state index contributed by atoms with van der Waals surface area (Å²) in [5.41, 5.74) is 9.99. The van der Waals surface area contributed by atoms with Crippen molar-refractivity contribution in [2.24, 2.45) is 11.5 Å². The molecule has 0 aliphatic carbocycles. The molecule has 0 rings (SSSR count). The number of hydrogen-bond acceptors (Lipinski definition) is 2. The Bertz CT molecular complexity index is 99.8. The fourth-order valence-electron chi connectivity index (χ4n) is 0.144. The van der Waals surface area contributed by atoms with Gasteiger partial charge in [-0.05, 0) is 25.8 Å². The van der Waals surface area contributed by atoms with Crippen molar-refractivity contribution in [3.8, 4) is 0 Å². The van der Waals surface area contributed by atoms with Crippen molar-refractivity contribution in [1.29, 1.82) is 0 Å². The van der Waals surface area contributed by atoms with E-state index in [2.05, 4.69) is 0 Å². The molecule has 38 valence electrons. The predicted molar refractivity (Wildman–Crippen MR) is 27.3 cm³/mol. The van der Waals surface area contributed by atoms with Crippen molar-refractivity contribution in [2.75, 3.05) is 13.1 Å². The summed E-state index contributed by atoms with van der Waals surface area (Å²) in [6.45, 7) is -0.700. The highest BCUT2D eigenvalue weighted by molar-refractivity contribution is 4.38. The molecule has 0 amide bonds. The average molecular weight is 96.2 g/mol. The van der Waals surface area contributed by atoms with Gasteiger partial charge in [-0.3, -0.25) is 0 Å². The van der Waals surface area contributed by atoms with Crippen LogP contribution in [0.15, 0.2) is 0 Å². The number of hydrogen-bond donors (Lipinski definition) is 2. The van der Waals surface area contributed by atoms with Crippen LogP contribution in [0.5, 0.6) is 0 Å². The quantitative estimate of drug-likeness (QED) is 0.506. The van der Waals surface area contributed by atoms with Crippen LogP contribution in [0.1, 0.15) is 18.2 Å². The largest absolute Gasteiger partial charge is 0.330 e. The smallest absolute Gasteiger partial charge is 0.0280 e. The first-order chi connectivity index (χ1) is 4.37. The topological polar surface area (TPSA) is 52.0 Å². The van der Waals surface area contributed by atoms with Crippen LogP contribution < -0.4 is 11.5 Å². The summed E-state index contributed by atoms with van der Waals surface area (Å²) in [6, 6.07) is 0. The fraction of sp³-hybridized carbons (Fsp3) is 1.00. The van der Waals surface area contributed by atoms with E-state index in [1.54, 1.807) is 0 Å². The fourth-order valence-corrected chi connectivity index (χ4v) is 0.144. The van der Waals surface area contributed by atoms with Gasteiger partial charge in [0.2, 0.25) is 0 Å². The summed E-state index contributed by atoms with van der Waals surface area (Å²) in [6.07, 6.45) is -4.05. The van der Waals surface area contributed by atoms with Gasteiger partial charge in [-0.2, -0.15) is 0 Å². The van der Waals surface area contributed by atoms with Crippen LogP contribution in [0, 0.1) is 0 Å². The average Bonchev–Trinajstić information content (AvgIpc) is 1.88. The third kappa shape index (κ3) is 3.92. The Kier molecular flexibility index (Phi) is 1.48. The highest BCUT2D eigenvalue weighted by atomic mass is 14.5. The van der Waals surface area contributed by atoms with Crippen LogP contribution in [-0.4, -0.2) is 13.1 Å². The second kappa shape index (κ2) is 4.92. The summed E-state index contributed by atoms with van der Waals surface area (Å²) in [4.78, 5) is 0. The zero-order valence-electron chi connectivity index (χ0n) is 7.57. The van der Waals surface area contributed by atoms with Gasteiger partial charge in [0.25, 0.3) is 0 Å². The lowest BCUT2D eigenvalue weighted by Crippen LogP contribution is -2.03. The molecule has 0 unspecified atom stereocenters. The van der Waals surface area contributed by atoms with Gasteiger partial charge in [-0.25, -0.2) is 0 Å². The Hall–Kier alpha value is -0.0800. The molecule has 0 aromatic carbocycles. The lowest BCUT2D eigenvalue weighted by atomic mass is 10.3. The molecule has 0 saturated heterocycles. The first kappa shape index (κ1) is 1.80. The molecule has 2 nitrogen and oxygen atoms in total. The van der Waals surface area contributed by atoms with Gasteiger partial charge in [0, 0.05) is 5.48 Å². The zero-order chi connectivity index (χ0) is 8.41. The van der Waals surface area contributed by atoms with E-state index in [0.717, 1.165) is 0 Å². The predicted octanol–water partition coefficient (Wildman–Crippen LogP) is -0.316. The summed E-state index contributed by atoms with van der Waals surface area (Å²) in [7, 11) is 0. The van der Waals surface area contributed by atoms with Gasteiger partial charge in [-0.15, -0.1) is 0 Å². The summed E-state index contributed by atoms with van der Waals surface area (Å²) < 4.78 is 28.3. The number of rotatable bonds is 3. The molecule has 0 fully saturated rings. The SMILES string of the molecule is [3H]C([3H])(CN)C([3H])([3H])CN. The van der Waals surface area contributed by atoms with E-state index < -0.39 is 12.7 Å². The molecule has 0 aliphatic heterocycles. The molecule has 0 atom stereocenters. The lowest BCUT2D eigenvalue weighted by molar-refractivity contribution is 0.755. The first-order valence-corrected chi connectivity index (χ1v) is 1.77. The highest BCUT2D eigenvalue weighted by Gasteiger charge is 1.75. The molecule has 6 heavy (non-hydrogen) atoms. The Morgan fingerprint density at radius 2 is 1.50 bits per heavy atom. The van der Waals surface area contributed by atoms with Crippen LogP contribution in [0.4, 0.5) is 0 Å². The van der Waals surface area contributed by atoms with Gasteiger partial charge < -0.3 is 11.5 Å². The molecule has 0 heterocycles. The van der Waals surface area contributed by atoms with Gasteiger partial charge in [-0.1, -0.05) is 0 Å². The lowest BCUT2D eigenvalue weighted by Gasteiger charge is -1.87. The molecule has 0 aromatic heterocycles. The normalized spacial score (nSPS) is 23.7. The van der Waals surface area contributed by atoms with Crippen molar-refractivity contribution in [3.05, 3.63) is 0 Å². The van der Waals surface area contributed by atoms with E-state index in [9.17, 15) is 0 Å². The second-order valence-corrected chi connectivity index (χ2v) is 0.762. The van der Waals surface area contributed by atoms with Crippen molar-refractivity contribution in [3.63, 3.8) is 0 Å². The minimum Gasteiger partial charge on any atom is -0.330 e. The molecule has 2 heteroatoms. The maximum atomic E-state index is 7.06. The molecule has 0 radical (unpaired) electrons. The van der Waals surface area contributed by atoms with Crippen molar-refractivity contribution < 1.29 is 5.48 Å². The van der Waals surface area contributed by atoms with E-state index in [1.807, 2.05) is 0 Å². The third-order valence-corrected chi connectivity index (χ3v) is 0.329. The minimum atomic E-state index is -2.03. The highest BCUT2D eigenvalue weighted by Crippen LogP contribution is 1.77. The van der Waals surface area contributed by atoms with Crippen molar-refractivity contribution in [1.82, 2.24) is 0 Å². The maximum Gasteiger partial charge on any atom is 0.0280 e. The van der Waals surface area contributed by atoms with E-state index in [4.69, 9.17) is 17.0 Å². The van der Waals surface area contributed by atoms with Gasteiger partial charge in [0.15, 0.2) is 0 Å². The van der Waals surface area contributed by atoms with Crippen LogP contribution in [0.25, 0.3) is 0 Å². The monoisotopic (exact) mass is 96.1 g/mol. The molecule has 0 saturated carbocycles. The van der Waals surface area contributed by atoms with Crippen LogP contribution >= 0.6 is 0 Å². The standard InChI is InChI=1S/C4H12N2/c5-3-1-2-4-6/h1-6H2/i1T2,2T2. The number of nitrogens with two attached hydrogens (primary N) is 2. The Morgan fingerprint density at radius 3 is 1.67 bits per heavy atom. The zero-order valence-corrected chi connectivity index (χ0v) is 3.57. The van der Waals surface area contributed by atoms with Crippen LogP contribution in [0.2, 0.25) is 0 Å². The van der Waals surface area contributed by atoms with Crippen molar-refractivity contribution in [2.45, 2.75) is 12.7 Å². The Labute approximate surface area is 44.1 Å². The Morgan fingerprint density at radius 1 is 1.17 bits per heavy atom. The molecule has 4 N–H and O–H groups in total. The first-order valence-electron chi connectivity index (χ1n) is 3.77. The summed E-state index contributed by atoms with van der Waals surface area (Å²) in [5.74, 6) is 0. The van der Waals surface area contributed by atoms with Crippen LogP contribution in [0.3, 0.4) is 0 Å². The summed E-state index contributed by atoms with van der Waals surface area (Å²) >= 11 is 0. The molecule has 0 spiro atoms. The third-order valence-electron chi connectivity index (χ3n) is 0.329. The molecule has 0 aliphatic rings. The van der Waals surface area contributed by atoms with Gasteiger partial charge in [0.05, 0.1) is 0 Å². The molecule has 0 bridgehead atoms. The molecular weight excluding hydrogens is 76.1 g/mol. The Balaban J connectivity index is 4.28. The minimum absolute atomic E-state index is 0.350. The summed E-state index contributed by atoms with van der Waals surface area (Å²) in [5, 5.41) is 0. The van der Waals surface area contributed by atoms with E-state index in [0.29, 0.717) is 0 Å². The van der Waals surface area contributed by atoms with E-state index >= 15 is 0 Å². The van der Waals surface area contributed by atoms with Crippen molar-refractivity contribution >= 4 is 0 Å². The van der Waals surface area contributed by atoms with E-state index in [-0.39, 0.29) is 13.1 Å². The van der Waals surface area contributed by atoms with Crippen LogP contribution in [-0.2, 0) is 0 Å². The molecule has 0 aromatic rings. The van der Waals surface area contributed by atoms with Gasteiger partial charge >= 0.3 is 0 Å². The second-order valence-electron chi connectivity index (χ2n) is 0.762. The molecular formula is C4H12N2. The van der Waals surface area contributed by atoms with E-state index in [1.165, 1.54) is 0 Å².